The number of hydrogen-bond donors (Lipinski definition) is 0. The fourth-order valence-electron chi connectivity index (χ4n) is 4.26. The van der Waals surface area contributed by atoms with Gasteiger partial charge in [0.2, 0.25) is 5.88 Å². The molecule has 0 radical (unpaired) electrons. The lowest BCUT2D eigenvalue weighted by atomic mass is 10.00. The van der Waals surface area contributed by atoms with Crippen molar-refractivity contribution in [2.45, 2.75) is 25.4 Å². The van der Waals surface area contributed by atoms with Crippen LogP contribution in [-0.4, -0.2) is 24.7 Å². The molecule has 1 aliphatic rings. The Balaban J connectivity index is 1.96. The van der Waals surface area contributed by atoms with Crippen LogP contribution in [0.3, 0.4) is 0 Å². The Bertz CT molecular complexity index is 1410. The van der Waals surface area contributed by atoms with Crippen molar-refractivity contribution in [3.63, 3.8) is 0 Å². The molecule has 37 heavy (non-hydrogen) atoms. The molecular weight excluding hydrogens is 486 g/mol. The van der Waals surface area contributed by atoms with Crippen molar-refractivity contribution in [1.29, 1.82) is 0 Å². The van der Waals surface area contributed by atoms with E-state index in [0.717, 1.165) is 6.07 Å². The number of pyridine rings is 1. The smallest absolute Gasteiger partial charge is 0.416 e. The molecule has 0 saturated carbocycles. The monoisotopic (exact) mass is 512 g/mol. The first-order chi connectivity index (χ1) is 18.1. The molecule has 1 aliphatic heterocycles. The minimum atomic E-state index is -4.83. The van der Waals surface area contributed by atoms with Crippen LogP contribution in [0.15, 0.2) is 73.8 Å². The number of allylic oxidation sites excluding steroid dienone is 2. The lowest BCUT2D eigenvalue weighted by Crippen LogP contribution is -2.46. The van der Waals surface area contributed by atoms with Crippen LogP contribution in [0.1, 0.15) is 35.0 Å². The molecule has 2 aromatic carbocycles. The van der Waals surface area contributed by atoms with E-state index in [0.29, 0.717) is 47.4 Å². The lowest BCUT2D eigenvalue weighted by molar-refractivity contribution is -0.137. The molecule has 0 unspecified atom stereocenters. The van der Waals surface area contributed by atoms with Gasteiger partial charge in [0.05, 0.1) is 36.7 Å². The van der Waals surface area contributed by atoms with Crippen molar-refractivity contribution in [3.8, 4) is 5.88 Å². The summed E-state index contributed by atoms with van der Waals surface area (Å²) in [7, 11) is 1.44. The lowest BCUT2D eigenvalue weighted by Gasteiger charge is -2.39. The number of ether oxygens (including phenoxy) is 1. The van der Waals surface area contributed by atoms with Crippen LogP contribution < -0.4 is 14.5 Å². The van der Waals surface area contributed by atoms with Gasteiger partial charge >= 0.3 is 6.18 Å². The van der Waals surface area contributed by atoms with E-state index in [1.165, 1.54) is 30.2 Å². The first-order valence-corrected chi connectivity index (χ1v) is 11.4. The average Bonchev–Trinajstić information content (AvgIpc) is 2.87. The van der Waals surface area contributed by atoms with E-state index in [4.69, 9.17) is 6.11 Å². The Morgan fingerprint density at radius 3 is 2.51 bits per heavy atom. The second kappa shape index (κ2) is 10.5. The predicted molar refractivity (Wildman–Crippen MR) is 135 cm³/mol. The van der Waals surface area contributed by atoms with Crippen LogP contribution in [0.5, 0.6) is 5.88 Å². The first kappa shape index (κ1) is 24.5. The largest absolute Gasteiger partial charge is 0.481 e. The predicted octanol–water partition coefficient (Wildman–Crippen LogP) is 6.85. The molecule has 192 valence electrons. The number of aromatic nitrogens is 1. The highest BCUT2D eigenvalue weighted by atomic mass is 19.4. The normalized spacial score (nSPS) is 13.8. The maximum absolute atomic E-state index is 14.2. The Kier molecular flexibility index (Phi) is 6.94. The number of carbonyl (C=O) groups is 1. The van der Waals surface area contributed by atoms with Crippen molar-refractivity contribution in [2.75, 3.05) is 23.6 Å². The minimum Gasteiger partial charge on any atom is -0.481 e. The second-order valence-electron chi connectivity index (χ2n) is 8.36. The summed E-state index contributed by atoms with van der Waals surface area (Å²) in [6.45, 7) is 7.32. The molecule has 3 aromatic rings. The van der Waals surface area contributed by atoms with E-state index < -0.39 is 29.5 Å². The third kappa shape index (κ3) is 5.21. The number of fused-ring (bicyclic) bond motifs is 1. The van der Waals surface area contributed by atoms with Gasteiger partial charge in [0, 0.05) is 18.2 Å². The number of alkyl halides is 3. The Morgan fingerprint density at radius 2 is 1.84 bits per heavy atom. The number of aryl methyl sites for hydroxylation is 1. The standard InChI is InChI=1S/C28H25F4N3O2/c1-4-6-8-18-15-20(29)10-12-23(18)34-17-35(25-13-14-26(37-3)33-22(25)7-5-2)27(36)21-16-19(28(30,31)32)9-11-24(21)34/h4-5,9-16H,1-2,6-8,17H2,3H3/i9D. The van der Waals surface area contributed by atoms with Crippen molar-refractivity contribution in [2.24, 2.45) is 0 Å². The Hall–Kier alpha value is -4.14. The van der Waals surface area contributed by atoms with Gasteiger partial charge in [-0.1, -0.05) is 12.2 Å². The quantitative estimate of drug-likeness (QED) is 0.245. The van der Waals surface area contributed by atoms with Gasteiger partial charge in [-0.15, -0.1) is 13.2 Å². The zero-order valence-corrected chi connectivity index (χ0v) is 20.1. The van der Waals surface area contributed by atoms with Crippen LogP contribution in [0.25, 0.3) is 0 Å². The van der Waals surface area contributed by atoms with Crippen LogP contribution in [0.2, 0.25) is 0 Å². The van der Waals surface area contributed by atoms with Gasteiger partial charge in [0.15, 0.2) is 0 Å². The topological polar surface area (TPSA) is 45.7 Å². The summed E-state index contributed by atoms with van der Waals surface area (Å²) < 4.78 is 68.7. The number of rotatable bonds is 8. The number of carbonyl (C=O) groups excluding carboxylic acids is 1. The highest BCUT2D eigenvalue weighted by Gasteiger charge is 2.37. The molecule has 0 aliphatic carbocycles. The van der Waals surface area contributed by atoms with Crippen LogP contribution in [-0.2, 0) is 19.0 Å². The molecular formula is C28H25F4N3O2. The minimum absolute atomic E-state index is 0.110. The van der Waals surface area contributed by atoms with Crippen molar-refractivity contribution in [1.82, 2.24) is 4.98 Å². The number of amides is 1. The average molecular weight is 513 g/mol. The van der Waals surface area contributed by atoms with Crippen molar-refractivity contribution >= 4 is 23.0 Å². The Labute approximate surface area is 213 Å². The molecule has 4 rings (SSSR count). The molecule has 0 spiro atoms. The third-order valence-corrected chi connectivity index (χ3v) is 6.00. The van der Waals surface area contributed by atoms with E-state index in [9.17, 15) is 22.4 Å². The molecule has 1 aromatic heterocycles. The third-order valence-electron chi connectivity index (χ3n) is 6.00. The molecule has 0 N–H and O–H groups in total. The second-order valence-corrected chi connectivity index (χ2v) is 8.36. The highest BCUT2D eigenvalue weighted by molar-refractivity contribution is 6.13. The summed E-state index contributed by atoms with van der Waals surface area (Å²) in [5.41, 5.74) is 0.548. The summed E-state index contributed by atoms with van der Waals surface area (Å²) in [6.07, 6.45) is -0.355. The summed E-state index contributed by atoms with van der Waals surface area (Å²) in [4.78, 5) is 21.1. The fourth-order valence-corrected chi connectivity index (χ4v) is 4.26. The van der Waals surface area contributed by atoms with Crippen molar-refractivity contribution in [3.05, 3.63) is 102 Å². The van der Waals surface area contributed by atoms with E-state index >= 15 is 0 Å². The number of methoxy groups -OCH3 is 1. The maximum atomic E-state index is 14.2. The van der Waals surface area contributed by atoms with E-state index in [-0.39, 0.29) is 24.3 Å². The van der Waals surface area contributed by atoms with Gasteiger partial charge in [0.25, 0.3) is 5.91 Å². The summed E-state index contributed by atoms with van der Waals surface area (Å²) in [6, 6.07) is 8.25. The molecule has 0 bridgehead atoms. The summed E-state index contributed by atoms with van der Waals surface area (Å²) in [5, 5.41) is 0. The number of halogens is 4. The van der Waals surface area contributed by atoms with Crippen LogP contribution in [0.4, 0.5) is 34.6 Å². The molecule has 0 atom stereocenters. The van der Waals surface area contributed by atoms with Crippen LogP contribution in [0, 0.1) is 5.82 Å². The zero-order valence-electron chi connectivity index (χ0n) is 21.1. The SMILES string of the molecule is [2H]c1cc2c(cc1C(F)(F)F)C(=O)N(c1ccc(OC)nc1CC=C)CN2c1ccc(F)cc1CCC=C. The first-order valence-electron chi connectivity index (χ1n) is 11.9. The molecule has 5 nitrogen and oxygen atoms in total. The molecule has 0 fully saturated rings. The highest BCUT2D eigenvalue weighted by Crippen LogP contribution is 2.41. The van der Waals surface area contributed by atoms with Gasteiger partial charge in [-0.05, 0) is 60.8 Å². The Morgan fingerprint density at radius 1 is 1.08 bits per heavy atom. The summed E-state index contributed by atoms with van der Waals surface area (Å²) >= 11 is 0. The van der Waals surface area contributed by atoms with E-state index in [1.54, 1.807) is 29.2 Å². The maximum Gasteiger partial charge on any atom is 0.416 e. The van der Waals surface area contributed by atoms with Gasteiger partial charge in [0.1, 0.15) is 12.5 Å². The zero-order chi connectivity index (χ0) is 27.6. The van der Waals surface area contributed by atoms with Gasteiger partial charge < -0.3 is 9.64 Å². The van der Waals surface area contributed by atoms with Gasteiger partial charge in [-0.2, -0.15) is 13.2 Å². The van der Waals surface area contributed by atoms with Gasteiger partial charge in [-0.25, -0.2) is 9.37 Å². The molecule has 0 saturated heterocycles. The molecule has 9 heteroatoms. The summed E-state index contributed by atoms with van der Waals surface area (Å²) in [5.74, 6) is -0.858. The number of nitrogens with zero attached hydrogens (tertiary/aromatic N) is 3. The fraction of sp³-hybridized carbons (Fsp3) is 0.214. The van der Waals surface area contributed by atoms with Gasteiger partial charge in [-0.3, -0.25) is 9.69 Å². The van der Waals surface area contributed by atoms with E-state index in [1.807, 2.05) is 0 Å². The molecule has 2 heterocycles. The van der Waals surface area contributed by atoms with E-state index in [2.05, 4.69) is 18.1 Å². The number of benzene rings is 2. The van der Waals surface area contributed by atoms with Crippen molar-refractivity contribution < 1.29 is 28.5 Å². The molecule has 1 amide bonds. The van der Waals surface area contributed by atoms with Crippen LogP contribution >= 0.6 is 0 Å². The number of anilines is 3. The number of hydrogen-bond acceptors (Lipinski definition) is 4.